The number of esters is 1. The SMILES string of the molecule is CC(C)[C@H](NC(=O)C12CC3CC(CC(C3)C1)C2)C(=O)N(C)CC(=O)OC(C)(C)C. The van der Waals surface area contributed by atoms with E-state index in [4.69, 9.17) is 4.74 Å². The molecule has 0 aromatic rings. The van der Waals surface area contributed by atoms with Gasteiger partial charge in [0.2, 0.25) is 11.8 Å². The first-order valence-corrected chi connectivity index (χ1v) is 11.2. The number of hydrogen-bond donors (Lipinski definition) is 1. The Morgan fingerprint density at radius 2 is 1.52 bits per heavy atom. The van der Waals surface area contributed by atoms with E-state index in [1.54, 1.807) is 27.8 Å². The smallest absolute Gasteiger partial charge is 0.326 e. The Hall–Kier alpha value is -1.59. The van der Waals surface area contributed by atoms with E-state index < -0.39 is 17.6 Å². The van der Waals surface area contributed by atoms with Crippen molar-refractivity contribution in [1.29, 1.82) is 0 Å². The molecular formula is C23H38N2O4. The molecule has 4 fully saturated rings. The molecule has 1 atom stereocenters. The molecule has 29 heavy (non-hydrogen) atoms. The Morgan fingerprint density at radius 1 is 1.03 bits per heavy atom. The van der Waals surface area contributed by atoms with E-state index in [2.05, 4.69) is 5.32 Å². The fourth-order valence-electron chi connectivity index (χ4n) is 6.08. The maximum Gasteiger partial charge on any atom is 0.326 e. The van der Waals surface area contributed by atoms with Crippen LogP contribution in [0.2, 0.25) is 0 Å². The molecule has 2 amide bonds. The van der Waals surface area contributed by atoms with Gasteiger partial charge in [0, 0.05) is 12.5 Å². The molecule has 6 nitrogen and oxygen atoms in total. The van der Waals surface area contributed by atoms with Crippen LogP contribution in [0.1, 0.15) is 73.1 Å². The fraction of sp³-hybridized carbons (Fsp3) is 0.870. The highest BCUT2D eigenvalue weighted by molar-refractivity contribution is 5.91. The molecule has 0 spiro atoms. The van der Waals surface area contributed by atoms with Crippen molar-refractivity contribution in [3.63, 3.8) is 0 Å². The Kier molecular flexibility index (Phi) is 6.03. The fourth-order valence-corrected chi connectivity index (χ4v) is 6.08. The molecule has 0 aromatic heterocycles. The van der Waals surface area contributed by atoms with Crippen LogP contribution in [0.15, 0.2) is 0 Å². The van der Waals surface area contributed by atoms with Crippen LogP contribution in [-0.4, -0.2) is 47.9 Å². The molecule has 1 N–H and O–H groups in total. The molecule has 164 valence electrons. The van der Waals surface area contributed by atoms with E-state index >= 15 is 0 Å². The van der Waals surface area contributed by atoms with Crippen LogP contribution in [0.5, 0.6) is 0 Å². The minimum absolute atomic E-state index is 0.0503. The highest BCUT2D eigenvalue weighted by Gasteiger charge is 2.55. The first kappa shape index (κ1) is 22.1. The van der Waals surface area contributed by atoms with Gasteiger partial charge in [-0.3, -0.25) is 14.4 Å². The van der Waals surface area contributed by atoms with E-state index in [0.29, 0.717) is 17.8 Å². The lowest BCUT2D eigenvalue weighted by molar-refractivity contribution is -0.159. The molecular weight excluding hydrogens is 368 g/mol. The predicted molar refractivity (Wildman–Crippen MR) is 111 cm³/mol. The summed E-state index contributed by atoms with van der Waals surface area (Å²) in [7, 11) is 1.60. The molecule has 4 saturated carbocycles. The molecule has 0 heterocycles. The zero-order valence-corrected chi connectivity index (χ0v) is 18.9. The largest absolute Gasteiger partial charge is 0.459 e. The second kappa shape index (κ2) is 7.92. The lowest BCUT2D eigenvalue weighted by Crippen LogP contribution is -2.58. The van der Waals surface area contributed by atoms with Crippen molar-refractivity contribution in [3.8, 4) is 0 Å². The summed E-state index contributed by atoms with van der Waals surface area (Å²) in [5, 5.41) is 3.09. The first-order valence-electron chi connectivity index (χ1n) is 11.2. The number of ether oxygens (including phenoxy) is 1. The van der Waals surface area contributed by atoms with Gasteiger partial charge < -0.3 is 15.0 Å². The third kappa shape index (κ3) is 4.95. The first-order chi connectivity index (χ1) is 13.4. The van der Waals surface area contributed by atoms with Crippen molar-refractivity contribution in [2.24, 2.45) is 29.1 Å². The van der Waals surface area contributed by atoms with Gasteiger partial charge in [0.15, 0.2) is 0 Å². The highest BCUT2D eigenvalue weighted by atomic mass is 16.6. The van der Waals surface area contributed by atoms with Crippen LogP contribution in [0.3, 0.4) is 0 Å². The minimum atomic E-state index is -0.622. The van der Waals surface area contributed by atoms with Crippen molar-refractivity contribution in [2.45, 2.75) is 84.8 Å². The van der Waals surface area contributed by atoms with Crippen molar-refractivity contribution < 1.29 is 19.1 Å². The molecule has 4 rings (SSSR count). The van der Waals surface area contributed by atoms with Crippen molar-refractivity contribution >= 4 is 17.8 Å². The van der Waals surface area contributed by atoms with Crippen molar-refractivity contribution in [2.75, 3.05) is 13.6 Å². The van der Waals surface area contributed by atoms with Crippen LogP contribution >= 0.6 is 0 Å². The Morgan fingerprint density at radius 3 is 1.93 bits per heavy atom. The second-order valence-corrected chi connectivity index (χ2v) is 11.2. The Bertz CT molecular complexity index is 629. The Labute approximate surface area is 175 Å². The van der Waals surface area contributed by atoms with Gasteiger partial charge in [0.05, 0.1) is 0 Å². The summed E-state index contributed by atoms with van der Waals surface area (Å²) in [5.74, 6) is 1.35. The monoisotopic (exact) mass is 406 g/mol. The van der Waals surface area contributed by atoms with E-state index in [-0.39, 0.29) is 29.7 Å². The molecule has 0 radical (unpaired) electrons. The number of amides is 2. The maximum atomic E-state index is 13.4. The van der Waals surface area contributed by atoms with E-state index in [9.17, 15) is 14.4 Å². The topological polar surface area (TPSA) is 75.7 Å². The summed E-state index contributed by atoms with van der Waals surface area (Å²) < 4.78 is 5.32. The molecule has 4 aliphatic carbocycles. The van der Waals surface area contributed by atoms with Gasteiger partial charge in [-0.25, -0.2) is 0 Å². The Balaban J connectivity index is 1.64. The van der Waals surface area contributed by atoms with Gasteiger partial charge in [-0.15, -0.1) is 0 Å². The zero-order chi connectivity index (χ0) is 21.6. The third-order valence-electron chi connectivity index (χ3n) is 6.90. The molecule has 0 saturated heterocycles. The quantitative estimate of drug-likeness (QED) is 0.688. The van der Waals surface area contributed by atoms with Gasteiger partial charge in [-0.2, -0.15) is 0 Å². The third-order valence-corrected chi connectivity index (χ3v) is 6.90. The van der Waals surface area contributed by atoms with Gasteiger partial charge in [-0.1, -0.05) is 13.8 Å². The summed E-state index contributed by atoms with van der Waals surface area (Å²) >= 11 is 0. The van der Waals surface area contributed by atoms with E-state index in [1.165, 1.54) is 24.2 Å². The van der Waals surface area contributed by atoms with Gasteiger partial charge in [0.1, 0.15) is 18.2 Å². The van der Waals surface area contributed by atoms with Gasteiger partial charge >= 0.3 is 5.97 Å². The van der Waals surface area contributed by atoms with Crippen LogP contribution < -0.4 is 5.32 Å². The van der Waals surface area contributed by atoms with Crippen molar-refractivity contribution in [1.82, 2.24) is 10.2 Å². The number of nitrogens with one attached hydrogen (secondary N) is 1. The average molecular weight is 407 g/mol. The molecule has 4 bridgehead atoms. The lowest BCUT2D eigenvalue weighted by Gasteiger charge is -2.56. The predicted octanol–water partition coefficient (Wildman–Crippen LogP) is 3.14. The standard InChI is InChI=1S/C23H38N2O4/c1-14(2)19(20(27)25(6)13-18(26)29-22(3,4)5)24-21(28)23-10-15-7-16(11-23)9-17(8-15)12-23/h14-17,19H,7-13H2,1-6H3,(H,24,28)/t15?,16?,17?,19-,23?/m0/s1. The number of carbonyl (C=O) groups is 3. The van der Waals surface area contributed by atoms with E-state index in [1.807, 2.05) is 13.8 Å². The summed E-state index contributed by atoms with van der Waals surface area (Å²) in [6.45, 7) is 9.15. The van der Waals surface area contributed by atoms with Crippen molar-refractivity contribution in [3.05, 3.63) is 0 Å². The van der Waals surface area contributed by atoms with Crippen LogP contribution in [0.4, 0.5) is 0 Å². The average Bonchev–Trinajstić information content (AvgIpc) is 2.55. The summed E-state index contributed by atoms with van der Waals surface area (Å²) in [6, 6.07) is -0.622. The highest BCUT2D eigenvalue weighted by Crippen LogP contribution is 2.60. The van der Waals surface area contributed by atoms with Gasteiger partial charge in [0.25, 0.3) is 0 Å². The van der Waals surface area contributed by atoms with Crippen LogP contribution in [-0.2, 0) is 19.1 Å². The molecule has 6 heteroatoms. The van der Waals surface area contributed by atoms with Crippen LogP contribution in [0, 0.1) is 29.1 Å². The number of carbonyl (C=O) groups excluding carboxylic acids is 3. The summed E-state index contributed by atoms with van der Waals surface area (Å²) in [4.78, 5) is 39.9. The molecule has 0 aliphatic heterocycles. The summed E-state index contributed by atoms with van der Waals surface area (Å²) in [5.41, 5.74) is -0.878. The van der Waals surface area contributed by atoms with E-state index in [0.717, 1.165) is 19.3 Å². The zero-order valence-electron chi connectivity index (χ0n) is 18.9. The summed E-state index contributed by atoms with van der Waals surface area (Å²) in [6.07, 6.45) is 6.74. The lowest BCUT2D eigenvalue weighted by atomic mass is 9.49. The maximum absolute atomic E-state index is 13.4. The number of hydrogen-bond acceptors (Lipinski definition) is 4. The molecule has 0 unspecified atom stereocenters. The normalized spacial score (nSPS) is 31.5. The number of likely N-dealkylation sites (N-methyl/N-ethyl adjacent to an activating group) is 1. The van der Waals surface area contributed by atoms with Crippen LogP contribution in [0.25, 0.3) is 0 Å². The van der Waals surface area contributed by atoms with Gasteiger partial charge in [-0.05, 0) is 83.0 Å². The number of rotatable bonds is 6. The minimum Gasteiger partial charge on any atom is -0.459 e. The second-order valence-electron chi connectivity index (χ2n) is 11.2. The molecule has 4 aliphatic rings. The number of nitrogens with zero attached hydrogens (tertiary/aromatic N) is 1. The molecule has 0 aromatic carbocycles.